The number of sulfonamides is 1. The van der Waals surface area contributed by atoms with Crippen molar-refractivity contribution >= 4 is 16.0 Å². The van der Waals surface area contributed by atoms with Crippen LogP contribution in [-0.4, -0.2) is 48.9 Å². The van der Waals surface area contributed by atoms with Gasteiger partial charge in [-0.2, -0.15) is 17.5 Å². The quantitative estimate of drug-likeness (QED) is 0.609. The zero-order valence-corrected chi connectivity index (χ0v) is 17.1. The Kier molecular flexibility index (Phi) is 5.67. The first-order valence-corrected chi connectivity index (χ1v) is 11.0. The zero-order valence-electron chi connectivity index (χ0n) is 16.3. The number of halogens is 3. The van der Waals surface area contributed by atoms with E-state index in [-0.39, 0.29) is 18.0 Å². The van der Waals surface area contributed by atoms with Gasteiger partial charge in [-0.1, -0.05) is 30.3 Å². The maximum atomic E-state index is 13.0. The second-order valence-corrected chi connectivity index (χ2v) is 8.96. The van der Waals surface area contributed by atoms with Crippen LogP contribution in [0.25, 0.3) is 11.3 Å². The predicted molar refractivity (Wildman–Crippen MR) is 110 cm³/mol. The van der Waals surface area contributed by atoms with Gasteiger partial charge in [-0.15, -0.1) is 0 Å². The molecule has 6 nitrogen and oxygen atoms in total. The van der Waals surface area contributed by atoms with Gasteiger partial charge in [0.05, 0.1) is 16.2 Å². The van der Waals surface area contributed by atoms with Crippen LogP contribution in [0.3, 0.4) is 0 Å². The molecule has 1 fully saturated rings. The van der Waals surface area contributed by atoms with Gasteiger partial charge < -0.3 is 4.90 Å². The SMILES string of the molecule is O=S(=O)(c1ccccc1)N1CCN(c2nccc(-c3cccc(C(F)(F)F)c3)n2)CC1. The number of piperazine rings is 1. The fraction of sp³-hybridized carbons (Fsp3) is 0.238. The van der Waals surface area contributed by atoms with Gasteiger partial charge in [0.25, 0.3) is 0 Å². The average Bonchev–Trinajstić information content (AvgIpc) is 2.79. The summed E-state index contributed by atoms with van der Waals surface area (Å²) in [4.78, 5) is 10.7. The smallest absolute Gasteiger partial charge is 0.338 e. The zero-order chi connectivity index (χ0) is 22.1. The first kappa shape index (κ1) is 21.3. The summed E-state index contributed by atoms with van der Waals surface area (Å²) >= 11 is 0. The highest BCUT2D eigenvalue weighted by molar-refractivity contribution is 7.89. The number of benzene rings is 2. The van der Waals surface area contributed by atoms with Crippen molar-refractivity contribution in [3.05, 3.63) is 72.4 Å². The predicted octanol–water partition coefficient (Wildman–Crippen LogP) is 3.67. The fourth-order valence-corrected chi connectivity index (χ4v) is 4.83. The van der Waals surface area contributed by atoms with E-state index in [1.165, 1.54) is 16.6 Å². The van der Waals surface area contributed by atoms with Gasteiger partial charge >= 0.3 is 6.18 Å². The Morgan fingerprint density at radius 1 is 0.871 bits per heavy atom. The highest BCUT2D eigenvalue weighted by atomic mass is 32.2. The summed E-state index contributed by atoms with van der Waals surface area (Å²) in [5.74, 6) is 0.353. The number of hydrogen-bond donors (Lipinski definition) is 0. The Balaban J connectivity index is 1.50. The van der Waals surface area contributed by atoms with E-state index in [0.717, 1.165) is 12.1 Å². The number of nitrogens with zero attached hydrogens (tertiary/aromatic N) is 4. The van der Waals surface area contributed by atoms with Gasteiger partial charge in [-0.25, -0.2) is 18.4 Å². The lowest BCUT2D eigenvalue weighted by Crippen LogP contribution is -2.49. The van der Waals surface area contributed by atoms with E-state index in [4.69, 9.17) is 0 Å². The van der Waals surface area contributed by atoms with Crippen molar-refractivity contribution in [2.24, 2.45) is 0 Å². The van der Waals surface area contributed by atoms with Gasteiger partial charge in [-0.3, -0.25) is 0 Å². The first-order valence-electron chi connectivity index (χ1n) is 9.56. The van der Waals surface area contributed by atoms with Crippen molar-refractivity contribution in [3.8, 4) is 11.3 Å². The van der Waals surface area contributed by atoms with E-state index in [9.17, 15) is 21.6 Å². The van der Waals surface area contributed by atoms with Gasteiger partial charge in [0.15, 0.2) is 0 Å². The van der Waals surface area contributed by atoms with Crippen molar-refractivity contribution in [1.29, 1.82) is 0 Å². The van der Waals surface area contributed by atoms with Crippen LogP contribution >= 0.6 is 0 Å². The van der Waals surface area contributed by atoms with Gasteiger partial charge in [0.1, 0.15) is 0 Å². The summed E-state index contributed by atoms with van der Waals surface area (Å²) < 4.78 is 66.0. The maximum Gasteiger partial charge on any atom is 0.416 e. The minimum absolute atomic E-state index is 0.242. The number of anilines is 1. The third-order valence-electron chi connectivity index (χ3n) is 5.03. The van der Waals surface area contributed by atoms with Crippen LogP contribution in [0.4, 0.5) is 19.1 Å². The molecular formula is C21H19F3N4O2S. The van der Waals surface area contributed by atoms with Crippen molar-refractivity contribution in [3.63, 3.8) is 0 Å². The molecule has 31 heavy (non-hydrogen) atoms. The average molecular weight is 448 g/mol. The molecule has 0 bridgehead atoms. The minimum Gasteiger partial charge on any atom is -0.338 e. The maximum absolute atomic E-state index is 13.0. The number of rotatable bonds is 4. The lowest BCUT2D eigenvalue weighted by Gasteiger charge is -2.34. The van der Waals surface area contributed by atoms with Gasteiger partial charge in [-0.05, 0) is 30.3 Å². The molecule has 1 aliphatic rings. The summed E-state index contributed by atoms with van der Waals surface area (Å²) in [5.41, 5.74) is -0.0379. The molecule has 0 N–H and O–H groups in total. The molecule has 0 saturated carbocycles. The van der Waals surface area contributed by atoms with Crippen LogP contribution in [0.2, 0.25) is 0 Å². The highest BCUT2D eigenvalue weighted by Crippen LogP contribution is 2.32. The molecule has 1 aliphatic heterocycles. The molecule has 10 heteroatoms. The lowest BCUT2D eigenvalue weighted by atomic mass is 10.1. The van der Waals surface area contributed by atoms with Crippen LogP contribution in [0.15, 0.2) is 71.8 Å². The normalized spacial score (nSPS) is 15.8. The molecule has 1 aromatic heterocycles. The molecule has 1 saturated heterocycles. The molecule has 0 amide bonds. The Morgan fingerprint density at radius 2 is 1.58 bits per heavy atom. The van der Waals surface area contributed by atoms with E-state index in [1.807, 2.05) is 4.90 Å². The summed E-state index contributed by atoms with van der Waals surface area (Å²) in [6.07, 6.45) is -2.95. The Labute approximate surface area is 178 Å². The Hall–Kier alpha value is -2.98. The van der Waals surface area contributed by atoms with Crippen LogP contribution < -0.4 is 4.90 Å². The largest absolute Gasteiger partial charge is 0.416 e. The van der Waals surface area contributed by atoms with Gasteiger partial charge in [0, 0.05) is 37.9 Å². The first-order chi connectivity index (χ1) is 14.7. The molecule has 2 aromatic carbocycles. The molecule has 3 aromatic rings. The second kappa shape index (κ2) is 8.27. The summed E-state index contributed by atoms with van der Waals surface area (Å²) in [6, 6.07) is 14.7. The summed E-state index contributed by atoms with van der Waals surface area (Å²) in [5, 5.41) is 0. The Morgan fingerprint density at radius 3 is 2.26 bits per heavy atom. The second-order valence-electron chi connectivity index (χ2n) is 7.02. The van der Waals surface area contributed by atoms with E-state index < -0.39 is 21.8 Å². The van der Waals surface area contributed by atoms with E-state index in [1.54, 1.807) is 42.5 Å². The molecule has 0 spiro atoms. The van der Waals surface area contributed by atoms with E-state index in [0.29, 0.717) is 30.3 Å². The minimum atomic E-state index is -4.44. The molecule has 0 radical (unpaired) electrons. The van der Waals surface area contributed by atoms with E-state index >= 15 is 0 Å². The molecule has 162 valence electrons. The number of aromatic nitrogens is 2. The van der Waals surface area contributed by atoms with Crippen molar-refractivity contribution < 1.29 is 21.6 Å². The van der Waals surface area contributed by atoms with Crippen molar-refractivity contribution in [2.45, 2.75) is 11.1 Å². The molecular weight excluding hydrogens is 429 g/mol. The third kappa shape index (κ3) is 4.54. The molecule has 0 unspecified atom stereocenters. The van der Waals surface area contributed by atoms with Crippen molar-refractivity contribution in [1.82, 2.24) is 14.3 Å². The fourth-order valence-electron chi connectivity index (χ4n) is 3.39. The molecule has 0 atom stereocenters. The summed E-state index contributed by atoms with van der Waals surface area (Å²) in [7, 11) is -3.58. The molecule has 4 rings (SSSR count). The van der Waals surface area contributed by atoms with Crippen LogP contribution in [0, 0.1) is 0 Å². The van der Waals surface area contributed by atoms with Crippen molar-refractivity contribution in [2.75, 3.05) is 31.1 Å². The van der Waals surface area contributed by atoms with Crippen LogP contribution in [0.1, 0.15) is 5.56 Å². The number of hydrogen-bond acceptors (Lipinski definition) is 5. The van der Waals surface area contributed by atoms with Crippen LogP contribution in [0.5, 0.6) is 0 Å². The summed E-state index contributed by atoms with van der Waals surface area (Å²) in [6.45, 7) is 1.26. The lowest BCUT2D eigenvalue weighted by molar-refractivity contribution is -0.137. The standard InChI is InChI=1S/C21H19F3N4O2S/c22-21(23,24)17-6-4-5-16(15-17)19-9-10-25-20(26-19)27-11-13-28(14-12-27)31(29,30)18-7-2-1-3-8-18/h1-10,15H,11-14H2. The van der Waals surface area contributed by atoms with E-state index in [2.05, 4.69) is 9.97 Å². The topological polar surface area (TPSA) is 66.4 Å². The van der Waals surface area contributed by atoms with Crippen LogP contribution in [-0.2, 0) is 16.2 Å². The third-order valence-corrected chi connectivity index (χ3v) is 6.94. The molecule has 2 heterocycles. The monoisotopic (exact) mass is 448 g/mol. The number of alkyl halides is 3. The molecule has 0 aliphatic carbocycles. The van der Waals surface area contributed by atoms with Gasteiger partial charge in [0.2, 0.25) is 16.0 Å². The Bertz CT molecular complexity index is 1160. The highest BCUT2D eigenvalue weighted by Gasteiger charge is 2.31.